The summed E-state index contributed by atoms with van der Waals surface area (Å²) < 4.78 is 6.12. The molecule has 1 spiro atoms. The van der Waals surface area contributed by atoms with Gasteiger partial charge in [-0.15, -0.1) is 0 Å². The van der Waals surface area contributed by atoms with Crippen molar-refractivity contribution in [2.75, 3.05) is 26.2 Å². The van der Waals surface area contributed by atoms with Crippen LogP contribution in [0, 0.1) is 11.8 Å². The van der Waals surface area contributed by atoms with Crippen molar-refractivity contribution in [2.45, 2.75) is 24.2 Å². The van der Waals surface area contributed by atoms with Crippen molar-refractivity contribution in [1.29, 1.82) is 0 Å². The molecule has 2 amide bonds. The van der Waals surface area contributed by atoms with Gasteiger partial charge in [0.05, 0.1) is 30.6 Å². The van der Waals surface area contributed by atoms with Crippen LogP contribution in [0.3, 0.4) is 0 Å². The number of aliphatic hydroxyl groups excluding tert-OH is 1. The van der Waals surface area contributed by atoms with E-state index < -0.39 is 23.5 Å². The number of pyridine rings is 1. The molecule has 136 valence electrons. The summed E-state index contributed by atoms with van der Waals surface area (Å²) in [7, 11) is 0. The zero-order valence-corrected chi connectivity index (χ0v) is 14.3. The molecule has 2 bridgehead atoms. The number of aliphatic hydroxyl groups is 1. The van der Waals surface area contributed by atoms with E-state index in [0.29, 0.717) is 26.2 Å². The van der Waals surface area contributed by atoms with Crippen LogP contribution in [0.4, 0.5) is 0 Å². The molecule has 4 aliphatic rings. The lowest BCUT2D eigenvalue weighted by atomic mass is 9.76. The number of β-amino-alcohol motifs (C(OH)–C–C–N with tert-alkyl or cyclic N) is 1. The van der Waals surface area contributed by atoms with Gasteiger partial charge >= 0.3 is 0 Å². The second-order valence-electron chi connectivity index (χ2n) is 7.66. The van der Waals surface area contributed by atoms with Crippen molar-refractivity contribution in [3.05, 3.63) is 42.2 Å². The molecule has 5 rings (SSSR count). The van der Waals surface area contributed by atoms with Crippen molar-refractivity contribution in [3.63, 3.8) is 0 Å². The number of rotatable bonds is 4. The van der Waals surface area contributed by atoms with Crippen molar-refractivity contribution >= 4 is 11.8 Å². The Morgan fingerprint density at radius 3 is 2.85 bits per heavy atom. The molecule has 0 aromatic carbocycles. The minimum Gasteiger partial charge on any atom is -0.389 e. The first kappa shape index (κ1) is 16.0. The van der Waals surface area contributed by atoms with E-state index in [1.807, 2.05) is 29.2 Å². The van der Waals surface area contributed by atoms with Crippen molar-refractivity contribution < 1.29 is 19.4 Å². The van der Waals surface area contributed by atoms with E-state index in [1.165, 1.54) is 0 Å². The summed E-state index contributed by atoms with van der Waals surface area (Å²) in [5.41, 5.74) is 0.467. The minimum atomic E-state index is -0.663. The third-order valence-electron chi connectivity index (χ3n) is 6.06. The molecule has 1 N–H and O–H groups in total. The van der Waals surface area contributed by atoms with E-state index in [0.717, 1.165) is 12.0 Å². The van der Waals surface area contributed by atoms with Gasteiger partial charge in [0.15, 0.2) is 0 Å². The van der Waals surface area contributed by atoms with Gasteiger partial charge in [0.1, 0.15) is 5.60 Å². The van der Waals surface area contributed by atoms with Gasteiger partial charge in [-0.05, 0) is 24.1 Å². The average molecular weight is 355 g/mol. The Labute approximate surface area is 151 Å². The van der Waals surface area contributed by atoms with E-state index in [1.54, 1.807) is 17.3 Å². The van der Waals surface area contributed by atoms with Crippen LogP contribution in [0.5, 0.6) is 0 Å². The van der Waals surface area contributed by atoms with Crippen molar-refractivity contribution in [1.82, 2.24) is 14.8 Å². The minimum absolute atomic E-state index is 0.00493. The molecule has 0 saturated carbocycles. The van der Waals surface area contributed by atoms with Gasteiger partial charge in [-0.3, -0.25) is 14.6 Å². The van der Waals surface area contributed by atoms with E-state index in [2.05, 4.69) is 4.98 Å². The Morgan fingerprint density at radius 1 is 1.35 bits per heavy atom. The molecule has 3 fully saturated rings. The monoisotopic (exact) mass is 355 g/mol. The normalized spacial score (nSPS) is 35.1. The van der Waals surface area contributed by atoms with Gasteiger partial charge in [-0.2, -0.15) is 0 Å². The van der Waals surface area contributed by atoms with Gasteiger partial charge in [-0.25, -0.2) is 0 Å². The molecule has 5 heterocycles. The number of nitrogens with zero attached hydrogens (tertiary/aromatic N) is 3. The number of ether oxygens (including phenoxy) is 1. The van der Waals surface area contributed by atoms with Crippen LogP contribution in [-0.4, -0.2) is 75.7 Å². The zero-order valence-electron chi connectivity index (χ0n) is 14.3. The fourth-order valence-corrected chi connectivity index (χ4v) is 4.71. The van der Waals surface area contributed by atoms with Gasteiger partial charge in [0, 0.05) is 32.0 Å². The van der Waals surface area contributed by atoms with Crippen LogP contribution in [0.2, 0.25) is 0 Å². The predicted octanol–water partition coefficient (Wildman–Crippen LogP) is -0.391. The molecular weight excluding hydrogens is 334 g/mol. The number of likely N-dealkylation sites (tertiary alicyclic amines) is 2. The second-order valence-corrected chi connectivity index (χ2v) is 7.66. The van der Waals surface area contributed by atoms with Gasteiger partial charge in [0.25, 0.3) is 0 Å². The standard InChI is InChI=1S/C19H21N3O4/c23-13-9-22(10-13)17(24)15-14-1-5-19(26-14)11-21(18(25)16(15)19)8-4-12-2-6-20-7-3-12/h1-3,5-7,13-16,23H,4,8-11H2/t14-,15-,16-,19-/m0/s1. The first-order chi connectivity index (χ1) is 12.6. The van der Waals surface area contributed by atoms with Gasteiger partial charge in [0.2, 0.25) is 11.8 Å². The lowest BCUT2D eigenvalue weighted by Gasteiger charge is -2.39. The maximum atomic E-state index is 13.1. The third kappa shape index (κ3) is 2.23. The fourth-order valence-electron chi connectivity index (χ4n) is 4.71. The first-order valence-corrected chi connectivity index (χ1v) is 9.09. The average Bonchev–Trinajstić information content (AvgIpc) is 3.26. The van der Waals surface area contributed by atoms with Crippen LogP contribution in [-0.2, 0) is 20.7 Å². The van der Waals surface area contributed by atoms with Gasteiger partial charge < -0.3 is 19.6 Å². The highest BCUT2D eigenvalue weighted by atomic mass is 16.5. The first-order valence-electron chi connectivity index (χ1n) is 9.09. The van der Waals surface area contributed by atoms with E-state index in [9.17, 15) is 14.7 Å². The Kier molecular flexibility index (Phi) is 3.45. The summed E-state index contributed by atoms with van der Waals surface area (Å²) >= 11 is 0. The molecule has 0 aliphatic carbocycles. The van der Waals surface area contributed by atoms with E-state index >= 15 is 0 Å². The molecule has 0 radical (unpaired) electrons. The number of hydrogen-bond acceptors (Lipinski definition) is 5. The summed E-state index contributed by atoms with van der Waals surface area (Å²) in [5.74, 6) is -0.975. The number of carbonyl (C=O) groups is 2. The number of amides is 2. The second kappa shape index (κ2) is 5.62. The number of aromatic nitrogens is 1. The molecule has 7 heteroatoms. The SMILES string of the molecule is O=C([C@H]1[C@@H]2C=C[C@@]3(CN(CCc4ccncc4)C(=O)[C@H]13)O2)N1CC(O)C1. The smallest absolute Gasteiger partial charge is 0.230 e. The maximum absolute atomic E-state index is 13.1. The van der Waals surface area contributed by atoms with Crippen LogP contribution in [0.25, 0.3) is 0 Å². The summed E-state index contributed by atoms with van der Waals surface area (Å²) in [6.07, 6.45) is 7.38. The topological polar surface area (TPSA) is 83.0 Å². The summed E-state index contributed by atoms with van der Waals surface area (Å²) in [6, 6.07) is 3.90. The summed E-state index contributed by atoms with van der Waals surface area (Å²) in [4.78, 5) is 33.4. The number of fused-ring (bicyclic) bond motifs is 1. The van der Waals surface area contributed by atoms with Crippen LogP contribution in [0.15, 0.2) is 36.7 Å². The molecule has 0 unspecified atom stereocenters. The zero-order chi connectivity index (χ0) is 17.9. The third-order valence-corrected chi connectivity index (χ3v) is 6.06. The summed E-state index contributed by atoms with van der Waals surface area (Å²) in [6.45, 7) is 1.81. The Morgan fingerprint density at radius 2 is 2.12 bits per heavy atom. The van der Waals surface area contributed by atoms with Gasteiger partial charge in [-0.1, -0.05) is 12.2 Å². The Bertz CT molecular complexity index is 776. The van der Waals surface area contributed by atoms with E-state index in [4.69, 9.17) is 4.74 Å². The van der Waals surface area contributed by atoms with Crippen LogP contribution in [0.1, 0.15) is 5.56 Å². The largest absolute Gasteiger partial charge is 0.389 e. The van der Waals surface area contributed by atoms with Crippen LogP contribution >= 0.6 is 0 Å². The molecule has 1 aromatic rings. The number of carbonyl (C=O) groups excluding carboxylic acids is 2. The van der Waals surface area contributed by atoms with E-state index in [-0.39, 0.29) is 17.9 Å². The molecule has 7 nitrogen and oxygen atoms in total. The Balaban J connectivity index is 1.33. The van der Waals surface area contributed by atoms with Crippen molar-refractivity contribution in [2.24, 2.45) is 11.8 Å². The molecule has 3 saturated heterocycles. The lowest BCUT2D eigenvalue weighted by Crippen LogP contribution is -2.57. The molecule has 26 heavy (non-hydrogen) atoms. The summed E-state index contributed by atoms with van der Waals surface area (Å²) in [5, 5.41) is 9.48. The molecule has 4 atom stereocenters. The quantitative estimate of drug-likeness (QED) is 0.744. The lowest BCUT2D eigenvalue weighted by molar-refractivity contribution is -0.151. The molecular formula is C19H21N3O4. The van der Waals surface area contributed by atoms with Crippen LogP contribution < -0.4 is 0 Å². The maximum Gasteiger partial charge on any atom is 0.230 e. The number of hydrogen-bond donors (Lipinski definition) is 1. The highest BCUT2D eigenvalue weighted by Gasteiger charge is 2.67. The highest BCUT2D eigenvalue weighted by Crippen LogP contribution is 2.52. The predicted molar refractivity (Wildman–Crippen MR) is 90.8 cm³/mol. The Hall–Kier alpha value is -2.25. The molecule has 4 aliphatic heterocycles. The highest BCUT2D eigenvalue weighted by molar-refractivity contribution is 5.93. The molecule has 1 aromatic heterocycles. The van der Waals surface area contributed by atoms with Crippen molar-refractivity contribution in [3.8, 4) is 0 Å². The fraction of sp³-hybridized carbons (Fsp3) is 0.526.